The van der Waals surface area contributed by atoms with Crippen molar-refractivity contribution in [3.63, 3.8) is 0 Å². The number of alkyl carbamates (subject to hydrolysis) is 1. The van der Waals surface area contributed by atoms with Gasteiger partial charge in [-0.15, -0.1) is 13.2 Å². The number of benzene rings is 2. The zero-order valence-electron chi connectivity index (χ0n) is 38.7. The molecule has 15 nitrogen and oxygen atoms in total. The van der Waals surface area contributed by atoms with Crippen LogP contribution < -0.4 is 20.3 Å². The molecule has 3 fully saturated rings. The number of piperazine rings is 1. The van der Waals surface area contributed by atoms with Crippen LogP contribution in [0.2, 0.25) is 5.02 Å². The van der Waals surface area contributed by atoms with Crippen molar-refractivity contribution in [2.75, 3.05) is 43.5 Å². The SMILES string of the molecule is COC(=O)NC(C(=O)N1C[C@@H](C)C[C@H]1c1ncc(-c2ccc(-c3cc(Cl)c(NC(=O)c4ccc(N5CCN(C(=O)C(C)(C)C)C[C@H]5C)nc4)cc3OC(F)(F)F)cc2)[nH]1)=C1CC(C)O[C@@H](C)C1. The number of nitrogens with one attached hydrogen (secondary N) is 3. The van der Waals surface area contributed by atoms with E-state index in [2.05, 4.69) is 35.2 Å². The predicted octanol–water partition coefficient (Wildman–Crippen LogP) is 9.13. The molecule has 4 aromatic rings. The number of hydrogen-bond donors (Lipinski definition) is 3. The highest BCUT2D eigenvalue weighted by Crippen LogP contribution is 2.42. The summed E-state index contributed by atoms with van der Waals surface area (Å²) in [6.07, 6.45) is -1.57. The molecule has 5 atom stereocenters. The van der Waals surface area contributed by atoms with Crippen molar-refractivity contribution < 1.29 is 46.6 Å². The van der Waals surface area contributed by atoms with E-state index >= 15 is 0 Å². The molecule has 2 aromatic heterocycles. The number of ether oxygens (including phenoxy) is 3. The number of likely N-dealkylation sites (tertiary alicyclic amines) is 1. The third-order valence-corrected chi connectivity index (χ3v) is 12.4. The minimum absolute atomic E-state index is 0.0227. The summed E-state index contributed by atoms with van der Waals surface area (Å²) < 4.78 is 56.8. The van der Waals surface area contributed by atoms with Gasteiger partial charge in [0.25, 0.3) is 11.8 Å². The van der Waals surface area contributed by atoms with Crippen LogP contribution in [0.15, 0.2) is 72.2 Å². The zero-order valence-corrected chi connectivity index (χ0v) is 39.5. The monoisotopic (exact) mass is 948 g/mol. The van der Waals surface area contributed by atoms with Crippen molar-refractivity contribution in [3.05, 3.63) is 88.6 Å². The number of anilines is 2. The van der Waals surface area contributed by atoms with Crippen molar-refractivity contribution in [1.29, 1.82) is 0 Å². The summed E-state index contributed by atoms with van der Waals surface area (Å²) in [6.45, 7) is 15.5. The molecule has 3 saturated heterocycles. The van der Waals surface area contributed by atoms with Crippen LogP contribution in [-0.4, -0.2) is 106 Å². The summed E-state index contributed by atoms with van der Waals surface area (Å²) in [4.78, 5) is 71.0. The van der Waals surface area contributed by atoms with Gasteiger partial charge in [-0.25, -0.2) is 14.8 Å². The van der Waals surface area contributed by atoms with Crippen molar-refractivity contribution in [3.8, 4) is 28.1 Å². The van der Waals surface area contributed by atoms with Gasteiger partial charge in [0.2, 0.25) is 5.91 Å². The second-order valence-corrected chi connectivity index (χ2v) is 19.0. The second-order valence-electron chi connectivity index (χ2n) is 18.6. The van der Waals surface area contributed by atoms with Crippen LogP contribution in [0.3, 0.4) is 0 Å². The number of pyridine rings is 1. The van der Waals surface area contributed by atoms with E-state index in [1.165, 1.54) is 19.4 Å². The number of aromatic nitrogens is 3. The van der Waals surface area contributed by atoms with Crippen molar-refractivity contribution in [2.45, 2.75) is 98.4 Å². The molecule has 7 rings (SSSR count). The molecule has 3 N–H and O–H groups in total. The third kappa shape index (κ3) is 11.4. The number of nitrogens with zero attached hydrogens (tertiary/aromatic N) is 5. The lowest BCUT2D eigenvalue weighted by molar-refractivity contribution is -0.274. The number of rotatable bonds is 9. The third-order valence-electron chi connectivity index (χ3n) is 12.1. The average molecular weight is 949 g/mol. The Kier molecular flexibility index (Phi) is 14.3. The molecule has 0 bridgehead atoms. The summed E-state index contributed by atoms with van der Waals surface area (Å²) in [5.74, 6) is -0.246. The van der Waals surface area contributed by atoms with Crippen LogP contribution in [0.25, 0.3) is 22.4 Å². The first kappa shape index (κ1) is 48.8. The topological polar surface area (TPSA) is 171 Å². The number of aromatic amines is 1. The van der Waals surface area contributed by atoms with Crippen LogP contribution >= 0.6 is 11.6 Å². The Hall–Kier alpha value is -6.14. The first-order valence-electron chi connectivity index (χ1n) is 22.2. The molecule has 67 heavy (non-hydrogen) atoms. The van der Waals surface area contributed by atoms with Crippen LogP contribution in [0, 0.1) is 11.3 Å². The number of hydrogen-bond acceptors (Lipinski definition) is 10. The van der Waals surface area contributed by atoms with E-state index < -0.39 is 35.6 Å². The van der Waals surface area contributed by atoms with Gasteiger partial charge in [0, 0.05) is 55.5 Å². The molecular formula is C48H56ClF3N8O7. The van der Waals surface area contributed by atoms with Gasteiger partial charge in [-0.1, -0.05) is 63.6 Å². The van der Waals surface area contributed by atoms with Crippen LogP contribution in [0.4, 0.5) is 29.5 Å². The predicted molar refractivity (Wildman–Crippen MR) is 246 cm³/mol. The number of amides is 4. The molecule has 4 amide bonds. The number of imidazole rings is 1. The Balaban J connectivity index is 1.07. The van der Waals surface area contributed by atoms with E-state index in [1.807, 2.05) is 53.4 Å². The number of carbonyl (C=O) groups excluding carboxylic acids is 4. The summed E-state index contributed by atoms with van der Waals surface area (Å²) in [5.41, 5.74) is 2.12. The summed E-state index contributed by atoms with van der Waals surface area (Å²) in [5, 5.41) is 5.24. The number of alkyl halides is 3. The van der Waals surface area contributed by atoms with E-state index in [0.29, 0.717) is 73.9 Å². The first-order valence-corrected chi connectivity index (χ1v) is 22.6. The Morgan fingerprint density at radius 1 is 0.896 bits per heavy atom. The maximum absolute atomic E-state index is 14.3. The van der Waals surface area contributed by atoms with E-state index in [9.17, 15) is 32.3 Å². The minimum Gasteiger partial charge on any atom is -0.453 e. The van der Waals surface area contributed by atoms with Crippen LogP contribution in [0.5, 0.6) is 5.75 Å². The zero-order chi connectivity index (χ0) is 48.5. The normalized spacial score (nSPS) is 22.0. The molecule has 19 heteroatoms. The van der Waals surface area contributed by atoms with E-state index in [0.717, 1.165) is 11.6 Å². The fraction of sp³-hybridized carbons (Fsp3) is 0.458. The Labute approximate surface area is 392 Å². The lowest BCUT2D eigenvalue weighted by Gasteiger charge is -2.42. The van der Waals surface area contributed by atoms with Crippen molar-refractivity contribution in [1.82, 2.24) is 30.1 Å². The highest BCUT2D eigenvalue weighted by atomic mass is 35.5. The Bertz CT molecular complexity index is 2510. The number of halogens is 4. The molecule has 0 saturated carbocycles. The Morgan fingerprint density at radius 2 is 1.58 bits per heavy atom. The second kappa shape index (κ2) is 19.6. The molecule has 358 valence electrons. The Morgan fingerprint density at radius 3 is 2.19 bits per heavy atom. The highest BCUT2D eigenvalue weighted by Gasteiger charge is 2.40. The first-order chi connectivity index (χ1) is 31.6. The van der Waals surface area contributed by atoms with E-state index in [-0.39, 0.29) is 63.5 Å². The van der Waals surface area contributed by atoms with Gasteiger partial charge < -0.3 is 39.2 Å². The summed E-state index contributed by atoms with van der Waals surface area (Å²) >= 11 is 6.63. The largest absolute Gasteiger partial charge is 0.573 e. The summed E-state index contributed by atoms with van der Waals surface area (Å²) in [7, 11) is 1.24. The molecule has 1 unspecified atom stereocenters. The fourth-order valence-corrected chi connectivity index (χ4v) is 9.21. The lowest BCUT2D eigenvalue weighted by Crippen LogP contribution is -2.56. The van der Waals surface area contributed by atoms with Gasteiger partial charge in [0.15, 0.2) is 0 Å². The standard InChI is InChI=1S/C48H56ClF3N8O7/c1-26-17-38(60(24-26)44(62)41(57-46(64)65-8)33-18-28(3)66-29(4)19-33)42-54-23-37(55-42)31-11-9-30(10-12-31)34-20-35(49)36(21-39(34)67-48(50,51)52)56-43(61)32-13-14-40(53-22-32)59-16-15-58(25-27(59)2)45(63)47(5,6)7/h9-14,20-23,26-29,38H,15-19,24-25H2,1-8H3,(H,54,55)(H,56,61)(H,57,64)/t26-,27+,28-,29?,38-/m0/s1. The number of carbonyl (C=O) groups is 4. The molecule has 0 aliphatic carbocycles. The molecule has 3 aliphatic rings. The fourth-order valence-electron chi connectivity index (χ4n) is 9.00. The number of H-pyrrole nitrogens is 1. The van der Waals surface area contributed by atoms with Gasteiger partial charge in [0.05, 0.1) is 53.5 Å². The highest BCUT2D eigenvalue weighted by molar-refractivity contribution is 6.34. The molecule has 5 heterocycles. The molecule has 0 spiro atoms. The smallest absolute Gasteiger partial charge is 0.453 e. The van der Waals surface area contributed by atoms with Crippen molar-refractivity contribution >= 4 is 46.9 Å². The lowest BCUT2D eigenvalue weighted by atomic mass is 9.94. The van der Waals surface area contributed by atoms with Crippen molar-refractivity contribution in [2.24, 2.45) is 11.3 Å². The molecule has 2 aromatic carbocycles. The van der Waals surface area contributed by atoms with E-state index in [1.54, 1.807) is 47.5 Å². The van der Waals surface area contributed by atoms with Crippen LogP contribution in [-0.2, 0) is 19.1 Å². The number of methoxy groups -OCH3 is 1. The van der Waals surface area contributed by atoms with Gasteiger partial charge in [-0.2, -0.15) is 0 Å². The molecule has 3 aliphatic heterocycles. The van der Waals surface area contributed by atoms with Gasteiger partial charge in [-0.05, 0) is 80.9 Å². The van der Waals surface area contributed by atoms with Gasteiger partial charge in [-0.3, -0.25) is 19.7 Å². The van der Waals surface area contributed by atoms with Gasteiger partial charge in [0.1, 0.15) is 23.1 Å². The van der Waals surface area contributed by atoms with E-state index in [4.69, 9.17) is 21.1 Å². The molecule has 0 radical (unpaired) electrons. The minimum atomic E-state index is -5.07. The maximum Gasteiger partial charge on any atom is 0.573 e. The summed E-state index contributed by atoms with van der Waals surface area (Å²) in [6, 6.07) is 11.7. The maximum atomic E-state index is 14.3. The van der Waals surface area contributed by atoms with Crippen LogP contribution in [0.1, 0.15) is 90.0 Å². The quantitative estimate of drug-likeness (QED) is 0.138. The van der Waals surface area contributed by atoms with Gasteiger partial charge >= 0.3 is 12.5 Å². The average Bonchev–Trinajstić information content (AvgIpc) is 3.92. The molecular weight excluding hydrogens is 893 g/mol.